The molecular weight excluding hydrogens is 346 g/mol. The number of hydrogen-bond acceptors (Lipinski definition) is 6. The average Bonchev–Trinajstić information content (AvgIpc) is 2.85. The number of anilines is 1. The Hall–Kier alpha value is -0.790. The van der Waals surface area contributed by atoms with Crippen LogP contribution in [0.3, 0.4) is 0 Å². The molecule has 0 aliphatic carbocycles. The highest BCUT2D eigenvalue weighted by Crippen LogP contribution is 2.31. The Labute approximate surface area is 129 Å². The summed E-state index contributed by atoms with van der Waals surface area (Å²) in [7, 11) is 5.60. The number of ether oxygens (including phenoxy) is 1. The lowest BCUT2D eigenvalue weighted by Crippen LogP contribution is -2.07. The minimum absolute atomic E-state index is 0.847. The summed E-state index contributed by atoms with van der Waals surface area (Å²) in [6, 6.07) is 6.09. The van der Waals surface area contributed by atoms with Gasteiger partial charge in [-0.25, -0.2) is 0 Å². The topological polar surface area (TPSA) is 38.3 Å². The summed E-state index contributed by atoms with van der Waals surface area (Å²) in [5.74, 6) is 1.71. The molecule has 0 aliphatic heterocycles. The fraction of sp³-hybridized carbons (Fsp3) is 0.333. The highest BCUT2D eigenvalue weighted by molar-refractivity contribution is 9.10. The van der Waals surface area contributed by atoms with Crippen molar-refractivity contribution in [3.63, 3.8) is 0 Å². The maximum absolute atomic E-state index is 5.21. The van der Waals surface area contributed by atoms with Crippen molar-refractivity contribution in [1.82, 2.24) is 10.2 Å². The number of halogens is 1. The zero-order chi connectivity index (χ0) is 13.8. The zero-order valence-electron chi connectivity index (χ0n) is 10.9. The molecule has 7 heteroatoms. The van der Waals surface area contributed by atoms with Crippen molar-refractivity contribution in [2.24, 2.45) is 0 Å². The van der Waals surface area contributed by atoms with Gasteiger partial charge in [-0.15, -0.1) is 10.2 Å². The Balaban J connectivity index is 1.99. The highest BCUT2D eigenvalue weighted by Gasteiger charge is 2.07. The van der Waals surface area contributed by atoms with Crippen LogP contribution in [0.25, 0.3) is 0 Å². The number of hydrogen-bond donors (Lipinski definition) is 0. The van der Waals surface area contributed by atoms with Gasteiger partial charge in [0.15, 0.2) is 4.34 Å². The van der Waals surface area contributed by atoms with Gasteiger partial charge in [-0.05, 0) is 33.6 Å². The van der Waals surface area contributed by atoms with E-state index in [1.54, 1.807) is 30.2 Å². The monoisotopic (exact) mass is 359 g/mol. The summed E-state index contributed by atoms with van der Waals surface area (Å²) in [4.78, 5) is 1.96. The first-order valence-electron chi connectivity index (χ1n) is 5.56. The van der Waals surface area contributed by atoms with Gasteiger partial charge in [0.25, 0.3) is 0 Å². The average molecular weight is 360 g/mol. The molecule has 102 valence electrons. The van der Waals surface area contributed by atoms with E-state index in [1.165, 1.54) is 5.56 Å². The summed E-state index contributed by atoms with van der Waals surface area (Å²) < 4.78 is 7.17. The smallest absolute Gasteiger partial charge is 0.208 e. The van der Waals surface area contributed by atoms with E-state index in [1.807, 2.05) is 25.1 Å². The van der Waals surface area contributed by atoms with E-state index < -0.39 is 0 Å². The third-order valence-electron chi connectivity index (χ3n) is 2.36. The van der Waals surface area contributed by atoms with Crippen molar-refractivity contribution in [1.29, 1.82) is 0 Å². The second-order valence-corrected chi connectivity index (χ2v) is 7.04. The van der Waals surface area contributed by atoms with E-state index in [0.29, 0.717) is 0 Å². The third kappa shape index (κ3) is 3.84. The lowest BCUT2D eigenvalue weighted by Gasteiger charge is -2.05. The van der Waals surface area contributed by atoms with Crippen LogP contribution in [0.4, 0.5) is 5.13 Å². The van der Waals surface area contributed by atoms with Crippen LogP contribution in [0, 0.1) is 0 Å². The first kappa shape index (κ1) is 14.6. The van der Waals surface area contributed by atoms with E-state index in [9.17, 15) is 0 Å². The van der Waals surface area contributed by atoms with E-state index in [-0.39, 0.29) is 0 Å². The van der Waals surface area contributed by atoms with Crippen LogP contribution in [0.1, 0.15) is 5.56 Å². The van der Waals surface area contributed by atoms with Crippen LogP contribution in [-0.4, -0.2) is 31.4 Å². The van der Waals surface area contributed by atoms with Gasteiger partial charge in [0.1, 0.15) is 5.75 Å². The molecule has 0 fully saturated rings. The molecule has 0 unspecified atom stereocenters. The standard InChI is InChI=1S/C12H14BrN3OS2/c1-16(2)11-14-15-12(19-11)18-7-8-4-5-10(17-3)9(13)6-8/h4-6H,7H2,1-3H3. The largest absolute Gasteiger partial charge is 0.496 e. The lowest BCUT2D eigenvalue weighted by atomic mass is 10.2. The molecule has 19 heavy (non-hydrogen) atoms. The highest BCUT2D eigenvalue weighted by atomic mass is 79.9. The maximum Gasteiger partial charge on any atom is 0.208 e. The quantitative estimate of drug-likeness (QED) is 0.761. The molecule has 1 aromatic carbocycles. The zero-order valence-corrected chi connectivity index (χ0v) is 14.1. The normalized spacial score (nSPS) is 10.5. The summed E-state index contributed by atoms with van der Waals surface area (Å²) >= 11 is 6.78. The van der Waals surface area contributed by atoms with Gasteiger partial charge in [-0.1, -0.05) is 29.2 Å². The first-order valence-corrected chi connectivity index (χ1v) is 8.15. The Bertz CT molecular complexity index is 560. The molecule has 4 nitrogen and oxygen atoms in total. The van der Waals surface area contributed by atoms with Crippen molar-refractivity contribution in [2.45, 2.75) is 10.1 Å². The molecule has 1 aromatic heterocycles. The van der Waals surface area contributed by atoms with Crippen molar-refractivity contribution in [3.8, 4) is 5.75 Å². The van der Waals surface area contributed by atoms with Crippen molar-refractivity contribution in [3.05, 3.63) is 28.2 Å². The molecular formula is C12H14BrN3OS2. The van der Waals surface area contributed by atoms with E-state index >= 15 is 0 Å². The van der Waals surface area contributed by atoms with Crippen molar-refractivity contribution < 1.29 is 4.74 Å². The molecule has 1 heterocycles. The van der Waals surface area contributed by atoms with Gasteiger partial charge < -0.3 is 9.64 Å². The van der Waals surface area contributed by atoms with Crippen LogP contribution < -0.4 is 9.64 Å². The molecule has 0 amide bonds. The summed E-state index contributed by atoms with van der Waals surface area (Å²) in [6.07, 6.45) is 0. The van der Waals surface area contributed by atoms with Crippen molar-refractivity contribution in [2.75, 3.05) is 26.1 Å². The molecule has 0 atom stereocenters. The molecule has 0 bridgehead atoms. The Morgan fingerprint density at radius 3 is 2.74 bits per heavy atom. The molecule has 0 saturated heterocycles. The van der Waals surface area contributed by atoms with Gasteiger partial charge in [0, 0.05) is 19.8 Å². The van der Waals surface area contributed by atoms with E-state index in [0.717, 1.165) is 25.4 Å². The Kier molecular flexibility index (Phi) is 5.06. The predicted molar refractivity (Wildman–Crippen MR) is 84.5 cm³/mol. The van der Waals surface area contributed by atoms with Gasteiger partial charge in [0.05, 0.1) is 11.6 Å². The molecule has 0 saturated carbocycles. The first-order chi connectivity index (χ1) is 9.10. The third-order valence-corrected chi connectivity index (χ3v) is 5.27. The number of benzene rings is 1. The van der Waals surface area contributed by atoms with Gasteiger partial charge in [-0.3, -0.25) is 0 Å². The molecule has 2 rings (SSSR count). The summed E-state index contributed by atoms with van der Waals surface area (Å²) in [6.45, 7) is 0. The van der Waals surface area contributed by atoms with Gasteiger partial charge >= 0.3 is 0 Å². The number of methoxy groups -OCH3 is 1. The molecule has 0 spiro atoms. The molecule has 2 aromatic rings. The number of aromatic nitrogens is 2. The van der Waals surface area contributed by atoms with Crippen LogP contribution in [-0.2, 0) is 5.75 Å². The number of thioether (sulfide) groups is 1. The summed E-state index contributed by atoms with van der Waals surface area (Å²) in [5.41, 5.74) is 1.22. The molecule has 0 aliphatic rings. The Morgan fingerprint density at radius 1 is 1.37 bits per heavy atom. The van der Waals surface area contributed by atoms with Crippen LogP contribution in [0.5, 0.6) is 5.75 Å². The van der Waals surface area contributed by atoms with Crippen LogP contribution in [0.15, 0.2) is 27.0 Å². The Morgan fingerprint density at radius 2 is 2.16 bits per heavy atom. The fourth-order valence-corrected chi connectivity index (χ4v) is 3.68. The minimum atomic E-state index is 0.847. The van der Waals surface area contributed by atoms with E-state index in [4.69, 9.17) is 4.74 Å². The number of nitrogens with zero attached hydrogens (tertiary/aromatic N) is 3. The maximum atomic E-state index is 5.21. The van der Waals surface area contributed by atoms with Crippen molar-refractivity contribution >= 4 is 44.2 Å². The fourth-order valence-electron chi connectivity index (χ4n) is 1.39. The second kappa shape index (κ2) is 6.58. The predicted octanol–water partition coefficient (Wildman–Crippen LogP) is 3.67. The minimum Gasteiger partial charge on any atom is -0.496 e. The van der Waals surface area contributed by atoms with Gasteiger partial charge in [0.2, 0.25) is 5.13 Å². The van der Waals surface area contributed by atoms with Crippen LogP contribution in [0.2, 0.25) is 0 Å². The molecule has 0 radical (unpaired) electrons. The molecule has 0 N–H and O–H groups in total. The lowest BCUT2D eigenvalue weighted by molar-refractivity contribution is 0.412. The van der Waals surface area contributed by atoms with Gasteiger partial charge in [-0.2, -0.15) is 0 Å². The van der Waals surface area contributed by atoms with E-state index in [2.05, 4.69) is 38.3 Å². The summed E-state index contributed by atoms with van der Waals surface area (Å²) in [5, 5.41) is 9.21. The number of rotatable bonds is 5. The van der Waals surface area contributed by atoms with Crippen LogP contribution >= 0.6 is 39.0 Å². The second-order valence-electron chi connectivity index (χ2n) is 4.00. The SMILES string of the molecule is COc1ccc(CSc2nnc(N(C)C)s2)cc1Br.